The number of Topliss-reactive ketones (excluding diaryl/α,β-unsaturated/α-hetero) is 2. The van der Waals surface area contributed by atoms with E-state index < -0.39 is 74.5 Å². The van der Waals surface area contributed by atoms with E-state index in [1.165, 1.54) is 0 Å². The monoisotopic (exact) mass is 584 g/mol. The number of hydrogen-bond acceptors (Lipinski definition) is 8. The van der Waals surface area contributed by atoms with Crippen LogP contribution in [0.4, 0.5) is 0 Å². The standard InChI is InChI=1S/C27H40N2O8S2/c1-21(2)18-12-13-23(21,5)19(30)26(18,38(32,33)34)28-16-29-27(39(35,36)37)20(31)24(6)14-15-25(27,22(24,3)4)17-10-8-7-9-11-17/h17-18H,7-15H2,1-6H3,(H,32,33,34)(H,35,36,37). The highest BCUT2D eigenvalue weighted by Gasteiger charge is 2.87. The Bertz CT molecular complexity index is 1440. The zero-order chi connectivity index (χ0) is 29.3. The van der Waals surface area contributed by atoms with E-state index in [0.29, 0.717) is 38.5 Å². The van der Waals surface area contributed by atoms with Gasteiger partial charge in [0.25, 0.3) is 30.0 Å². The van der Waals surface area contributed by atoms with Gasteiger partial charge in [-0.2, -0.15) is 26.8 Å². The average Bonchev–Trinajstić information content (AvgIpc) is 3.28. The molecule has 39 heavy (non-hydrogen) atoms. The maximum absolute atomic E-state index is 14.2. The summed E-state index contributed by atoms with van der Waals surface area (Å²) in [6.07, 6.45) is 5.48. The van der Waals surface area contributed by atoms with Crippen molar-refractivity contribution in [3.63, 3.8) is 0 Å². The summed E-state index contributed by atoms with van der Waals surface area (Å²) in [6.45, 7) is 10.6. The van der Waals surface area contributed by atoms with E-state index in [9.17, 15) is 35.5 Å². The van der Waals surface area contributed by atoms with Crippen molar-refractivity contribution in [1.82, 2.24) is 0 Å². The van der Waals surface area contributed by atoms with Crippen molar-refractivity contribution in [2.45, 2.75) is 109 Å². The van der Waals surface area contributed by atoms with E-state index in [1.807, 2.05) is 13.8 Å². The summed E-state index contributed by atoms with van der Waals surface area (Å²) < 4.78 is 73.8. The molecule has 10 nitrogen and oxygen atoms in total. The van der Waals surface area contributed by atoms with Gasteiger partial charge in [0.1, 0.15) is 0 Å². The summed E-state index contributed by atoms with van der Waals surface area (Å²) in [5, 5.41) is 0. The minimum absolute atomic E-state index is 0.237. The molecule has 0 aliphatic heterocycles. The van der Waals surface area contributed by atoms with E-state index in [-0.39, 0.29) is 5.92 Å². The third-order valence-electron chi connectivity index (χ3n) is 12.9. The molecule has 0 aromatic carbocycles. The quantitative estimate of drug-likeness (QED) is 0.356. The normalized spacial score (nSPS) is 45.0. The second-order valence-corrected chi connectivity index (χ2v) is 17.3. The lowest BCUT2D eigenvalue weighted by atomic mass is 9.55. The van der Waals surface area contributed by atoms with Gasteiger partial charge in [-0.15, -0.1) is 0 Å². The second kappa shape index (κ2) is 7.88. The number of aliphatic imine (C=N–C) groups is 2. The van der Waals surface area contributed by atoms with Crippen LogP contribution in [0.2, 0.25) is 0 Å². The van der Waals surface area contributed by atoms with E-state index in [1.54, 1.807) is 27.7 Å². The van der Waals surface area contributed by atoms with Crippen LogP contribution in [-0.4, -0.2) is 53.3 Å². The average molecular weight is 585 g/mol. The van der Waals surface area contributed by atoms with Gasteiger partial charge in [-0.05, 0) is 55.3 Å². The van der Waals surface area contributed by atoms with Crippen molar-refractivity contribution in [1.29, 1.82) is 0 Å². The van der Waals surface area contributed by atoms with Gasteiger partial charge in [0, 0.05) is 22.2 Å². The fraction of sp³-hybridized carbons (Fsp3) is 0.889. The van der Waals surface area contributed by atoms with Crippen molar-refractivity contribution < 1.29 is 35.5 Å². The third kappa shape index (κ3) is 2.86. The van der Waals surface area contributed by atoms with E-state index >= 15 is 0 Å². The number of hydrogen-bond donors (Lipinski definition) is 2. The minimum atomic E-state index is -5.21. The number of nitrogens with zero attached hydrogens (tertiary/aromatic N) is 2. The predicted octanol–water partition coefficient (Wildman–Crippen LogP) is 4.33. The molecule has 6 unspecified atom stereocenters. The van der Waals surface area contributed by atoms with Crippen LogP contribution in [-0.2, 0) is 29.8 Å². The molecular formula is C27H40N2O8S2. The lowest BCUT2D eigenvalue weighted by molar-refractivity contribution is -0.131. The first-order valence-electron chi connectivity index (χ1n) is 13.9. The van der Waals surface area contributed by atoms with Crippen LogP contribution < -0.4 is 0 Å². The molecule has 0 saturated heterocycles. The molecule has 0 aromatic heterocycles. The van der Waals surface area contributed by atoms with Gasteiger partial charge >= 0.3 is 0 Å². The maximum Gasteiger partial charge on any atom is 0.300 e. The van der Waals surface area contributed by atoms with Crippen LogP contribution in [0.1, 0.15) is 99.3 Å². The van der Waals surface area contributed by atoms with Crippen molar-refractivity contribution in [3.8, 4) is 0 Å². The van der Waals surface area contributed by atoms with Gasteiger partial charge in [-0.3, -0.25) is 18.7 Å². The molecular weight excluding hydrogens is 544 g/mol. The Morgan fingerprint density at radius 3 is 1.82 bits per heavy atom. The Morgan fingerprint density at radius 1 is 0.744 bits per heavy atom. The highest BCUT2D eigenvalue weighted by Crippen LogP contribution is 2.79. The maximum atomic E-state index is 14.2. The molecule has 5 rings (SSSR count). The number of fused-ring (bicyclic) bond motifs is 4. The zero-order valence-corrected chi connectivity index (χ0v) is 25.2. The lowest BCUT2D eigenvalue weighted by Crippen LogP contribution is -2.60. The topological polar surface area (TPSA) is 168 Å². The van der Waals surface area contributed by atoms with Crippen LogP contribution in [0.15, 0.2) is 9.98 Å². The Morgan fingerprint density at radius 2 is 1.33 bits per heavy atom. The largest absolute Gasteiger partial charge is 0.300 e. The summed E-state index contributed by atoms with van der Waals surface area (Å²) in [4.78, 5) is 30.8. The van der Waals surface area contributed by atoms with Crippen LogP contribution in [0.5, 0.6) is 0 Å². The minimum Gasteiger partial charge on any atom is -0.295 e. The summed E-state index contributed by atoms with van der Waals surface area (Å²) in [5.74, 6) is -2.69. The molecule has 5 aliphatic rings. The SMILES string of the molecule is CC12CCC(C1(C)C)C(N=C=NC1(S(=O)(=O)O)C(=O)C3(C)CCC1(C1CCCCC1)C3(C)C)(S(=O)(=O)O)C2=O. The van der Waals surface area contributed by atoms with Crippen molar-refractivity contribution in [2.75, 3.05) is 0 Å². The Labute approximate surface area is 231 Å². The number of rotatable bonds is 5. The lowest BCUT2D eigenvalue weighted by Gasteiger charge is -2.51. The Kier molecular flexibility index (Phi) is 5.87. The molecule has 0 radical (unpaired) electrons. The van der Waals surface area contributed by atoms with Gasteiger partial charge in [0.15, 0.2) is 11.6 Å². The predicted molar refractivity (Wildman–Crippen MR) is 143 cm³/mol. The molecule has 5 saturated carbocycles. The third-order valence-corrected chi connectivity index (χ3v) is 15.7. The first-order chi connectivity index (χ1) is 17.7. The molecule has 12 heteroatoms. The Balaban J connectivity index is 1.79. The van der Waals surface area contributed by atoms with E-state index in [4.69, 9.17) is 0 Å². The fourth-order valence-corrected chi connectivity index (χ4v) is 13.1. The van der Waals surface area contributed by atoms with Gasteiger partial charge in [-0.1, -0.05) is 60.8 Å². The summed E-state index contributed by atoms with van der Waals surface area (Å²) in [6, 6.07) is 2.20. The fourth-order valence-electron chi connectivity index (χ4n) is 10.1. The van der Waals surface area contributed by atoms with Crippen molar-refractivity contribution in [3.05, 3.63) is 0 Å². The summed E-state index contributed by atoms with van der Waals surface area (Å²) in [5.41, 5.74) is -5.22. The van der Waals surface area contributed by atoms with Crippen LogP contribution in [0.25, 0.3) is 0 Å². The molecule has 0 amide bonds. The molecule has 5 aliphatic carbocycles. The number of ketones is 2. The first kappa shape index (κ1) is 29.0. The number of carbonyl (C=O) groups excluding carboxylic acids is 2. The molecule has 5 fully saturated rings. The summed E-state index contributed by atoms with van der Waals surface area (Å²) in [7, 11) is -10.3. The second-order valence-electron chi connectivity index (χ2n) is 14.2. The Hall–Kier alpha value is -1.46. The highest BCUT2D eigenvalue weighted by atomic mass is 32.2. The smallest absolute Gasteiger partial charge is 0.295 e. The van der Waals surface area contributed by atoms with E-state index in [0.717, 1.165) is 19.3 Å². The van der Waals surface area contributed by atoms with Gasteiger partial charge in [0.2, 0.25) is 0 Å². The van der Waals surface area contributed by atoms with Crippen molar-refractivity contribution >= 4 is 37.8 Å². The molecule has 218 valence electrons. The first-order valence-corrected chi connectivity index (χ1v) is 16.8. The molecule has 2 N–H and O–H groups in total. The molecule has 0 spiro atoms. The van der Waals surface area contributed by atoms with Gasteiger partial charge < -0.3 is 0 Å². The molecule has 6 atom stereocenters. The van der Waals surface area contributed by atoms with Crippen LogP contribution >= 0.6 is 0 Å². The number of carbonyl (C=O) groups is 2. The molecule has 0 aromatic rings. The van der Waals surface area contributed by atoms with Gasteiger partial charge in [-0.25, -0.2) is 0 Å². The van der Waals surface area contributed by atoms with Crippen molar-refractivity contribution in [2.24, 2.45) is 48.9 Å². The molecule has 0 heterocycles. The van der Waals surface area contributed by atoms with Crippen LogP contribution in [0.3, 0.4) is 0 Å². The van der Waals surface area contributed by atoms with Crippen LogP contribution in [0, 0.1) is 38.9 Å². The highest BCUT2D eigenvalue weighted by molar-refractivity contribution is 7.88. The van der Waals surface area contributed by atoms with Gasteiger partial charge in [0.05, 0.1) is 6.01 Å². The zero-order valence-electron chi connectivity index (χ0n) is 23.6. The summed E-state index contributed by atoms with van der Waals surface area (Å²) >= 11 is 0. The molecule has 4 bridgehead atoms. The van der Waals surface area contributed by atoms with E-state index in [2.05, 4.69) is 16.0 Å².